The molecule has 0 N–H and O–H groups in total. The van der Waals surface area contributed by atoms with Crippen LogP contribution in [0.4, 0.5) is 0 Å². The van der Waals surface area contributed by atoms with Crippen molar-refractivity contribution in [2.24, 2.45) is 5.41 Å². The van der Waals surface area contributed by atoms with Gasteiger partial charge in [0, 0.05) is 26.6 Å². The van der Waals surface area contributed by atoms with E-state index in [4.69, 9.17) is 4.74 Å². The minimum Gasteiger partial charge on any atom is -0.383 e. The maximum Gasteiger partial charge on any atom is 0.223 e. The molecule has 0 saturated heterocycles. The Morgan fingerprint density at radius 2 is 2.17 bits per heavy atom. The van der Waals surface area contributed by atoms with Crippen LogP contribution in [0.1, 0.15) is 32.8 Å². The number of methoxy groups -OCH3 is 1. The summed E-state index contributed by atoms with van der Waals surface area (Å²) in [6, 6.07) is 2.06. The predicted octanol–water partition coefficient (Wildman–Crippen LogP) is 3.16. The molecule has 0 aromatic carbocycles. The molecule has 4 heteroatoms. The quantitative estimate of drug-likeness (QED) is 0.794. The van der Waals surface area contributed by atoms with Gasteiger partial charge in [-0.2, -0.15) is 11.3 Å². The van der Waals surface area contributed by atoms with Gasteiger partial charge in [-0.05, 0) is 27.8 Å². The van der Waals surface area contributed by atoms with Crippen LogP contribution in [0.5, 0.6) is 0 Å². The van der Waals surface area contributed by atoms with E-state index in [2.05, 4.69) is 32.2 Å². The fraction of sp³-hybridized carbons (Fsp3) is 0.643. The van der Waals surface area contributed by atoms with Gasteiger partial charge >= 0.3 is 0 Å². The Balaban J connectivity index is 2.62. The maximum atomic E-state index is 12.3. The van der Waals surface area contributed by atoms with E-state index in [1.165, 1.54) is 5.56 Å². The molecule has 1 aromatic rings. The molecule has 1 amide bonds. The van der Waals surface area contributed by atoms with Gasteiger partial charge in [-0.15, -0.1) is 0 Å². The molecule has 0 aliphatic carbocycles. The van der Waals surface area contributed by atoms with Gasteiger partial charge in [0.1, 0.15) is 0 Å². The van der Waals surface area contributed by atoms with Crippen molar-refractivity contribution in [2.75, 3.05) is 20.3 Å². The zero-order chi connectivity index (χ0) is 13.6. The van der Waals surface area contributed by atoms with Crippen molar-refractivity contribution in [3.8, 4) is 0 Å². The first-order chi connectivity index (χ1) is 8.42. The lowest BCUT2D eigenvalue weighted by molar-refractivity contribution is -0.134. The summed E-state index contributed by atoms with van der Waals surface area (Å²) >= 11 is 1.66. The summed E-state index contributed by atoms with van der Waals surface area (Å²) in [7, 11) is 1.66. The van der Waals surface area contributed by atoms with E-state index in [1.807, 2.05) is 10.3 Å². The van der Waals surface area contributed by atoms with E-state index in [-0.39, 0.29) is 11.3 Å². The largest absolute Gasteiger partial charge is 0.383 e. The van der Waals surface area contributed by atoms with Gasteiger partial charge in [0.25, 0.3) is 0 Å². The number of carbonyl (C=O) groups is 1. The molecule has 0 bridgehead atoms. The van der Waals surface area contributed by atoms with Crippen molar-refractivity contribution < 1.29 is 9.53 Å². The number of amides is 1. The summed E-state index contributed by atoms with van der Waals surface area (Å²) in [5.74, 6) is 0.200. The summed E-state index contributed by atoms with van der Waals surface area (Å²) in [4.78, 5) is 14.2. The third-order valence-electron chi connectivity index (χ3n) is 2.55. The molecule has 0 fully saturated rings. The number of thiophene rings is 1. The van der Waals surface area contributed by atoms with Gasteiger partial charge in [0.15, 0.2) is 0 Å². The van der Waals surface area contributed by atoms with Gasteiger partial charge in [-0.3, -0.25) is 4.79 Å². The highest BCUT2D eigenvalue weighted by atomic mass is 32.1. The van der Waals surface area contributed by atoms with E-state index in [1.54, 1.807) is 18.4 Å². The van der Waals surface area contributed by atoms with E-state index in [0.717, 1.165) is 0 Å². The number of rotatable bonds is 6. The molecule has 102 valence electrons. The molecule has 0 aliphatic heterocycles. The van der Waals surface area contributed by atoms with E-state index < -0.39 is 0 Å². The molecule has 1 rings (SSSR count). The lowest BCUT2D eigenvalue weighted by Crippen LogP contribution is -2.35. The van der Waals surface area contributed by atoms with Gasteiger partial charge in [-0.25, -0.2) is 0 Å². The number of ether oxygens (including phenoxy) is 1. The van der Waals surface area contributed by atoms with Gasteiger partial charge in [0.2, 0.25) is 5.91 Å². The van der Waals surface area contributed by atoms with Crippen LogP contribution in [-0.2, 0) is 16.1 Å². The van der Waals surface area contributed by atoms with Crippen LogP contribution >= 0.6 is 11.3 Å². The van der Waals surface area contributed by atoms with Crippen molar-refractivity contribution in [3.63, 3.8) is 0 Å². The number of carbonyl (C=O) groups excluding carboxylic acids is 1. The van der Waals surface area contributed by atoms with Crippen LogP contribution in [0, 0.1) is 5.41 Å². The first-order valence-electron chi connectivity index (χ1n) is 6.20. The summed E-state index contributed by atoms with van der Waals surface area (Å²) in [5, 5.41) is 4.13. The normalized spacial score (nSPS) is 11.6. The zero-order valence-electron chi connectivity index (χ0n) is 11.7. The maximum absolute atomic E-state index is 12.3. The Morgan fingerprint density at radius 3 is 2.67 bits per heavy atom. The number of hydrogen-bond acceptors (Lipinski definition) is 3. The smallest absolute Gasteiger partial charge is 0.223 e. The third-order valence-corrected chi connectivity index (χ3v) is 3.29. The fourth-order valence-electron chi connectivity index (χ4n) is 1.66. The Hall–Kier alpha value is -0.870. The average molecular weight is 269 g/mol. The van der Waals surface area contributed by atoms with Crippen molar-refractivity contribution in [2.45, 2.75) is 33.7 Å². The molecule has 0 radical (unpaired) electrons. The van der Waals surface area contributed by atoms with Crippen LogP contribution in [0.15, 0.2) is 16.8 Å². The minimum atomic E-state index is 0.0249. The molecule has 18 heavy (non-hydrogen) atoms. The first kappa shape index (κ1) is 15.2. The van der Waals surface area contributed by atoms with Crippen LogP contribution < -0.4 is 0 Å². The highest BCUT2D eigenvalue weighted by Crippen LogP contribution is 2.21. The van der Waals surface area contributed by atoms with Crippen molar-refractivity contribution >= 4 is 17.2 Å². The molecule has 0 unspecified atom stereocenters. The summed E-state index contributed by atoms with van der Waals surface area (Å²) in [5.41, 5.74) is 1.22. The molecule has 1 heterocycles. The fourth-order valence-corrected chi connectivity index (χ4v) is 2.32. The highest BCUT2D eigenvalue weighted by molar-refractivity contribution is 7.07. The molecular formula is C14H23NO2S. The first-order valence-corrected chi connectivity index (χ1v) is 7.14. The molecule has 1 aromatic heterocycles. The molecule has 0 spiro atoms. The lowest BCUT2D eigenvalue weighted by atomic mass is 9.91. The summed E-state index contributed by atoms with van der Waals surface area (Å²) in [6.45, 7) is 8.18. The Labute approximate surface area is 114 Å². The second-order valence-electron chi connectivity index (χ2n) is 5.68. The monoisotopic (exact) mass is 269 g/mol. The van der Waals surface area contributed by atoms with Gasteiger partial charge < -0.3 is 9.64 Å². The van der Waals surface area contributed by atoms with Gasteiger partial charge in [0.05, 0.1) is 6.61 Å². The Morgan fingerprint density at radius 1 is 1.44 bits per heavy atom. The standard InChI is InChI=1S/C14H23NO2S/c1-14(2,3)9-13(16)15(6-7-17-4)10-12-5-8-18-11-12/h5,8,11H,6-7,9-10H2,1-4H3. The summed E-state index contributed by atoms with van der Waals surface area (Å²) in [6.07, 6.45) is 0.570. The van der Waals surface area contributed by atoms with Crippen molar-refractivity contribution in [1.29, 1.82) is 0 Å². The van der Waals surface area contributed by atoms with Crippen LogP contribution in [0.2, 0.25) is 0 Å². The Kier molecular flexibility index (Phi) is 5.82. The van der Waals surface area contributed by atoms with Crippen molar-refractivity contribution in [3.05, 3.63) is 22.4 Å². The van der Waals surface area contributed by atoms with Crippen LogP contribution in [-0.4, -0.2) is 31.1 Å². The zero-order valence-corrected chi connectivity index (χ0v) is 12.5. The van der Waals surface area contributed by atoms with E-state index in [9.17, 15) is 4.79 Å². The molecule has 0 atom stereocenters. The average Bonchev–Trinajstić information content (AvgIpc) is 2.74. The molecule has 3 nitrogen and oxygen atoms in total. The number of hydrogen-bond donors (Lipinski definition) is 0. The van der Waals surface area contributed by atoms with E-state index >= 15 is 0 Å². The topological polar surface area (TPSA) is 29.5 Å². The number of nitrogens with zero attached hydrogens (tertiary/aromatic N) is 1. The summed E-state index contributed by atoms with van der Waals surface area (Å²) < 4.78 is 5.08. The molecular weight excluding hydrogens is 246 g/mol. The molecule has 0 aliphatic rings. The predicted molar refractivity (Wildman–Crippen MR) is 75.7 cm³/mol. The van der Waals surface area contributed by atoms with Crippen molar-refractivity contribution in [1.82, 2.24) is 4.90 Å². The molecule has 0 saturated carbocycles. The van der Waals surface area contributed by atoms with Crippen LogP contribution in [0.25, 0.3) is 0 Å². The second-order valence-corrected chi connectivity index (χ2v) is 6.46. The third kappa shape index (κ3) is 5.65. The Bertz CT molecular complexity index is 354. The highest BCUT2D eigenvalue weighted by Gasteiger charge is 2.21. The second kappa shape index (κ2) is 6.90. The van der Waals surface area contributed by atoms with E-state index in [0.29, 0.717) is 26.1 Å². The minimum absolute atomic E-state index is 0.0249. The van der Waals surface area contributed by atoms with Crippen LogP contribution in [0.3, 0.4) is 0 Å². The lowest BCUT2D eigenvalue weighted by Gasteiger charge is -2.26. The van der Waals surface area contributed by atoms with Gasteiger partial charge in [-0.1, -0.05) is 20.8 Å². The SMILES string of the molecule is COCCN(Cc1ccsc1)C(=O)CC(C)(C)C.